The summed E-state index contributed by atoms with van der Waals surface area (Å²) in [7, 11) is -3.98. The van der Waals surface area contributed by atoms with E-state index >= 15 is 0 Å². The number of nitrogen functional groups attached to an aromatic ring is 1. The van der Waals surface area contributed by atoms with E-state index in [2.05, 4.69) is 15.6 Å². The summed E-state index contributed by atoms with van der Waals surface area (Å²) >= 11 is 2.41. The summed E-state index contributed by atoms with van der Waals surface area (Å²) in [6.07, 6.45) is 0.489. The van der Waals surface area contributed by atoms with Crippen molar-refractivity contribution < 1.29 is 27.5 Å². The van der Waals surface area contributed by atoms with E-state index in [4.69, 9.17) is 15.9 Å². The molecule has 230 valence electrons. The molecule has 43 heavy (non-hydrogen) atoms. The number of ether oxygens (including phenoxy) is 1. The van der Waals surface area contributed by atoms with Crippen molar-refractivity contribution in [1.82, 2.24) is 24.8 Å². The molecular weight excluding hydrogens is 615 g/mol. The van der Waals surface area contributed by atoms with Gasteiger partial charge in [0, 0.05) is 60.2 Å². The lowest BCUT2D eigenvalue weighted by Crippen LogP contribution is -2.57. The van der Waals surface area contributed by atoms with E-state index in [1.165, 1.54) is 20.5 Å². The number of hydrogen-bond acceptors (Lipinski definition) is 11. The number of amidine groups is 1. The minimum Gasteiger partial charge on any atom is -0.465 e. The molecule has 1 aromatic carbocycles. The maximum Gasteiger partial charge on any atom is 0.325 e. The summed E-state index contributed by atoms with van der Waals surface area (Å²) in [5.41, 5.74) is 6.97. The monoisotopic (exact) mass is 647 g/mol. The third-order valence-corrected chi connectivity index (χ3v) is 11.8. The van der Waals surface area contributed by atoms with Crippen LogP contribution >= 0.6 is 22.7 Å². The molecule has 2 amide bonds. The second-order valence-electron chi connectivity index (χ2n) is 10.4. The molecule has 2 aliphatic rings. The lowest BCUT2D eigenvalue weighted by molar-refractivity contribution is -0.143. The predicted molar refractivity (Wildman–Crippen MR) is 163 cm³/mol. The largest absolute Gasteiger partial charge is 0.465 e. The fourth-order valence-electron chi connectivity index (χ4n) is 5.12. The molecule has 2 unspecified atom stereocenters. The van der Waals surface area contributed by atoms with Crippen LogP contribution in [0.3, 0.4) is 0 Å². The third kappa shape index (κ3) is 6.72. The third-order valence-electron chi connectivity index (χ3n) is 7.33. The topological polar surface area (TPSA) is 188 Å². The summed E-state index contributed by atoms with van der Waals surface area (Å²) in [6.45, 7) is 4.15. The Hall–Kier alpha value is -3.44. The molecular formula is C27H33N7O6S3. The van der Waals surface area contributed by atoms with Gasteiger partial charge in [0.1, 0.15) is 16.6 Å². The molecule has 2 atom stereocenters. The molecule has 0 bridgehead atoms. The van der Waals surface area contributed by atoms with Crippen LogP contribution in [0.4, 0.5) is 0 Å². The number of rotatable bonds is 9. The van der Waals surface area contributed by atoms with Crippen molar-refractivity contribution in [2.24, 2.45) is 5.73 Å². The van der Waals surface area contributed by atoms with Crippen LogP contribution in [0.1, 0.15) is 46.2 Å². The predicted octanol–water partition coefficient (Wildman–Crippen LogP) is 1.26. The summed E-state index contributed by atoms with van der Waals surface area (Å²) in [5, 5.41) is 14.5. The van der Waals surface area contributed by atoms with Crippen LogP contribution < -0.4 is 16.4 Å². The first-order valence-corrected chi connectivity index (χ1v) is 16.9. The van der Waals surface area contributed by atoms with E-state index in [0.29, 0.717) is 28.9 Å². The van der Waals surface area contributed by atoms with Gasteiger partial charge in [-0.05, 0) is 43.5 Å². The van der Waals surface area contributed by atoms with Gasteiger partial charge in [-0.2, -0.15) is 4.31 Å². The standard InChI is InChI=1S/C27H33N7O6S3/c1-3-40-23(36)13-31-22(35)11-18-14-33(43(38,39)24-10-17-9-16(25(28)29)4-5-20(17)41-24)6-7-34(18)27(37)26-32-19-8-15(2)30-12-21(19)42-26/h4-5,9-10,15,18,30H,3,6-8,11-14H2,1-2H3,(H3,28,29)(H,31,35). The van der Waals surface area contributed by atoms with Crippen LogP contribution in [-0.2, 0) is 37.3 Å². The summed E-state index contributed by atoms with van der Waals surface area (Å²) in [6, 6.07) is 6.06. The Kier molecular flexibility index (Phi) is 9.12. The highest BCUT2D eigenvalue weighted by Gasteiger charge is 2.39. The smallest absolute Gasteiger partial charge is 0.325 e. The van der Waals surface area contributed by atoms with Crippen LogP contribution in [-0.4, -0.2) is 91.1 Å². The zero-order valence-corrected chi connectivity index (χ0v) is 26.2. The Balaban J connectivity index is 1.38. The van der Waals surface area contributed by atoms with Crippen molar-refractivity contribution in [3.8, 4) is 0 Å². The van der Waals surface area contributed by atoms with Crippen molar-refractivity contribution in [3.63, 3.8) is 0 Å². The number of nitrogens with one attached hydrogen (secondary N) is 3. The van der Waals surface area contributed by atoms with Gasteiger partial charge in [-0.15, -0.1) is 22.7 Å². The van der Waals surface area contributed by atoms with E-state index < -0.39 is 27.9 Å². The van der Waals surface area contributed by atoms with Crippen molar-refractivity contribution in [2.75, 3.05) is 32.8 Å². The molecule has 4 heterocycles. The van der Waals surface area contributed by atoms with Gasteiger partial charge >= 0.3 is 5.97 Å². The fraction of sp³-hybridized carbons (Fsp3) is 0.444. The van der Waals surface area contributed by atoms with E-state index in [9.17, 15) is 22.8 Å². The molecule has 0 saturated carbocycles. The number of piperazine rings is 1. The first-order chi connectivity index (χ1) is 20.5. The van der Waals surface area contributed by atoms with E-state index in [0.717, 1.165) is 26.6 Å². The average molecular weight is 648 g/mol. The molecule has 16 heteroatoms. The van der Waals surface area contributed by atoms with Gasteiger partial charge in [0.15, 0.2) is 5.01 Å². The van der Waals surface area contributed by atoms with Crippen molar-refractivity contribution in [1.29, 1.82) is 5.41 Å². The van der Waals surface area contributed by atoms with Crippen molar-refractivity contribution in [2.45, 2.75) is 49.5 Å². The Morgan fingerprint density at radius 3 is 2.77 bits per heavy atom. The highest BCUT2D eigenvalue weighted by atomic mass is 32.2. The first kappa shape index (κ1) is 31.0. The normalized spacial score (nSPS) is 19.2. The van der Waals surface area contributed by atoms with Gasteiger partial charge in [0.25, 0.3) is 15.9 Å². The zero-order chi connectivity index (χ0) is 30.9. The van der Waals surface area contributed by atoms with Gasteiger partial charge in [-0.3, -0.25) is 19.8 Å². The average Bonchev–Trinajstić information content (AvgIpc) is 3.60. The number of aromatic nitrogens is 1. The molecule has 0 aliphatic carbocycles. The first-order valence-electron chi connectivity index (χ1n) is 13.8. The molecule has 1 fully saturated rings. The second-order valence-corrected chi connectivity index (χ2v) is 14.7. The molecule has 13 nitrogen and oxygen atoms in total. The number of benzene rings is 1. The number of amides is 2. The number of carbonyl (C=O) groups excluding carboxylic acids is 3. The quantitative estimate of drug-likeness (QED) is 0.151. The van der Waals surface area contributed by atoms with Crippen LogP contribution in [0.15, 0.2) is 28.5 Å². The molecule has 0 spiro atoms. The lowest BCUT2D eigenvalue weighted by atomic mass is 10.1. The number of fused-ring (bicyclic) bond motifs is 2. The van der Waals surface area contributed by atoms with E-state index in [1.54, 1.807) is 31.2 Å². The van der Waals surface area contributed by atoms with Crippen LogP contribution in [0.25, 0.3) is 10.1 Å². The van der Waals surface area contributed by atoms with Crippen molar-refractivity contribution >= 4 is 66.4 Å². The Morgan fingerprint density at radius 2 is 2.02 bits per heavy atom. The Morgan fingerprint density at radius 1 is 1.23 bits per heavy atom. The number of nitrogens with two attached hydrogens (primary N) is 1. The number of hydrogen-bond donors (Lipinski definition) is 4. The van der Waals surface area contributed by atoms with Gasteiger partial charge in [0.05, 0.1) is 18.3 Å². The summed E-state index contributed by atoms with van der Waals surface area (Å²) in [5.74, 6) is -1.57. The molecule has 5 rings (SSSR count). The number of esters is 1. The van der Waals surface area contributed by atoms with Gasteiger partial charge < -0.3 is 26.0 Å². The van der Waals surface area contributed by atoms with Crippen molar-refractivity contribution in [3.05, 3.63) is 45.4 Å². The van der Waals surface area contributed by atoms with Crippen LogP contribution in [0.5, 0.6) is 0 Å². The second kappa shape index (κ2) is 12.7. The molecule has 5 N–H and O–H groups in total. The number of thiophene rings is 1. The maximum absolute atomic E-state index is 13.8. The molecule has 3 aromatic rings. The highest BCUT2D eigenvalue weighted by Crippen LogP contribution is 2.33. The number of nitrogens with zero attached hydrogens (tertiary/aromatic N) is 3. The maximum atomic E-state index is 13.8. The summed E-state index contributed by atoms with van der Waals surface area (Å²) < 4.78 is 34.6. The minimum absolute atomic E-state index is 0.0334. The molecule has 1 saturated heterocycles. The zero-order valence-electron chi connectivity index (χ0n) is 23.7. The number of sulfonamides is 1. The van der Waals surface area contributed by atoms with Gasteiger partial charge in [-0.1, -0.05) is 0 Å². The fourth-order valence-corrected chi connectivity index (χ4v) is 9.12. The van der Waals surface area contributed by atoms with Crippen LogP contribution in [0, 0.1) is 5.41 Å². The van der Waals surface area contributed by atoms with E-state index in [-0.39, 0.29) is 61.2 Å². The van der Waals surface area contributed by atoms with Gasteiger partial charge in [0.2, 0.25) is 5.91 Å². The number of thiazole rings is 1. The Labute approximate surface area is 257 Å². The van der Waals surface area contributed by atoms with Crippen LogP contribution in [0.2, 0.25) is 0 Å². The molecule has 2 aliphatic heterocycles. The van der Waals surface area contributed by atoms with E-state index in [1.807, 2.05) is 6.92 Å². The number of carbonyl (C=O) groups is 3. The Bertz CT molecular complexity index is 1680. The summed E-state index contributed by atoms with van der Waals surface area (Å²) in [4.78, 5) is 45.5. The highest BCUT2D eigenvalue weighted by molar-refractivity contribution is 7.91. The van der Waals surface area contributed by atoms with Gasteiger partial charge in [-0.25, -0.2) is 13.4 Å². The SMILES string of the molecule is CCOC(=O)CNC(=O)CC1CN(S(=O)(=O)c2cc3cc(C(=N)N)ccc3s2)CCN1C(=O)c1nc2c(s1)CNC(C)C2. The molecule has 2 aromatic heterocycles. The minimum atomic E-state index is -3.98. The molecule has 0 radical (unpaired) electrons. The lowest BCUT2D eigenvalue weighted by Gasteiger charge is -2.40.